The second kappa shape index (κ2) is 5.87. The van der Waals surface area contributed by atoms with Gasteiger partial charge in [-0.05, 0) is 36.6 Å². The first-order valence-corrected chi connectivity index (χ1v) is 7.15. The summed E-state index contributed by atoms with van der Waals surface area (Å²) in [5.74, 6) is -0.00204. The fraction of sp³-hybridized carbons (Fsp3) is 0.294. The number of nitrogens with zero attached hydrogens (tertiary/aromatic N) is 1. The number of fused-ring (bicyclic) bond motifs is 1. The minimum atomic E-state index is -0.00204. The molecule has 3 rings (SSSR count). The second-order valence-electron chi connectivity index (χ2n) is 5.24. The van der Waals surface area contributed by atoms with E-state index in [1.807, 2.05) is 36.4 Å². The van der Waals surface area contributed by atoms with E-state index < -0.39 is 0 Å². The van der Waals surface area contributed by atoms with Crippen molar-refractivity contribution in [2.45, 2.75) is 31.7 Å². The van der Waals surface area contributed by atoms with E-state index in [9.17, 15) is 4.79 Å². The van der Waals surface area contributed by atoms with Crippen LogP contribution in [0, 0.1) is 0 Å². The summed E-state index contributed by atoms with van der Waals surface area (Å²) in [5.41, 5.74) is 1.98. The van der Waals surface area contributed by atoms with E-state index in [0.717, 1.165) is 29.3 Å². The molecule has 102 valence electrons. The molecule has 0 spiro atoms. The number of para-hydroxylation sites is 1. The van der Waals surface area contributed by atoms with Gasteiger partial charge in [-0.2, -0.15) is 0 Å². The monoisotopic (exact) mass is 266 g/mol. The van der Waals surface area contributed by atoms with Gasteiger partial charge in [0, 0.05) is 23.7 Å². The van der Waals surface area contributed by atoms with Gasteiger partial charge < -0.3 is 5.32 Å². The summed E-state index contributed by atoms with van der Waals surface area (Å²) in [7, 11) is 0. The average molecular weight is 266 g/mol. The summed E-state index contributed by atoms with van der Waals surface area (Å²) >= 11 is 0. The van der Waals surface area contributed by atoms with Crippen LogP contribution in [0.1, 0.15) is 31.2 Å². The summed E-state index contributed by atoms with van der Waals surface area (Å²) in [4.78, 5) is 16.2. The van der Waals surface area contributed by atoms with E-state index in [1.54, 1.807) is 12.3 Å². The summed E-state index contributed by atoms with van der Waals surface area (Å²) in [6.07, 6.45) is 9.94. The molecule has 0 atom stereocenters. The second-order valence-corrected chi connectivity index (χ2v) is 5.24. The zero-order valence-electron chi connectivity index (χ0n) is 11.4. The van der Waals surface area contributed by atoms with E-state index in [0.29, 0.717) is 6.04 Å². The van der Waals surface area contributed by atoms with Crippen LogP contribution in [-0.4, -0.2) is 16.9 Å². The number of hydrogen-bond donors (Lipinski definition) is 1. The molecule has 3 heteroatoms. The minimum absolute atomic E-state index is 0.00204. The molecule has 0 bridgehead atoms. The number of hydrogen-bond acceptors (Lipinski definition) is 2. The van der Waals surface area contributed by atoms with Gasteiger partial charge in [-0.3, -0.25) is 9.78 Å². The molecule has 1 aliphatic carbocycles. The smallest absolute Gasteiger partial charge is 0.244 e. The Labute approximate surface area is 118 Å². The highest BCUT2D eigenvalue weighted by Crippen LogP contribution is 2.19. The third-order valence-corrected chi connectivity index (χ3v) is 3.80. The summed E-state index contributed by atoms with van der Waals surface area (Å²) < 4.78 is 0. The first-order chi connectivity index (χ1) is 9.83. The van der Waals surface area contributed by atoms with Crippen LogP contribution in [-0.2, 0) is 4.79 Å². The molecule has 0 saturated heterocycles. The maximum atomic E-state index is 11.9. The largest absolute Gasteiger partial charge is 0.350 e. The van der Waals surface area contributed by atoms with E-state index in [4.69, 9.17) is 0 Å². The Bertz CT molecular complexity index is 637. The number of benzene rings is 1. The van der Waals surface area contributed by atoms with Crippen molar-refractivity contribution in [1.29, 1.82) is 0 Å². The average Bonchev–Trinajstić information content (AvgIpc) is 2.98. The minimum Gasteiger partial charge on any atom is -0.350 e. The topological polar surface area (TPSA) is 42.0 Å². The molecule has 1 aromatic heterocycles. The van der Waals surface area contributed by atoms with Crippen molar-refractivity contribution < 1.29 is 4.79 Å². The highest BCUT2D eigenvalue weighted by atomic mass is 16.1. The SMILES string of the molecule is O=C(C=Cc1ccnc2ccccc12)NC1CCCC1. The molecular formula is C17H18N2O. The van der Waals surface area contributed by atoms with Crippen LogP contribution in [0.2, 0.25) is 0 Å². The fourth-order valence-corrected chi connectivity index (χ4v) is 2.75. The lowest BCUT2D eigenvalue weighted by Crippen LogP contribution is -2.30. The van der Waals surface area contributed by atoms with Crippen LogP contribution in [0.25, 0.3) is 17.0 Å². The van der Waals surface area contributed by atoms with Gasteiger partial charge in [0.1, 0.15) is 0 Å². The van der Waals surface area contributed by atoms with Crippen LogP contribution < -0.4 is 5.32 Å². The Morgan fingerprint density at radius 1 is 1.20 bits per heavy atom. The molecule has 1 aliphatic rings. The molecule has 3 nitrogen and oxygen atoms in total. The van der Waals surface area contributed by atoms with Crippen molar-refractivity contribution in [2.75, 3.05) is 0 Å². The Morgan fingerprint density at radius 3 is 2.85 bits per heavy atom. The first-order valence-electron chi connectivity index (χ1n) is 7.15. The summed E-state index contributed by atoms with van der Waals surface area (Å²) in [6.45, 7) is 0. The van der Waals surface area contributed by atoms with Crippen LogP contribution in [0.3, 0.4) is 0 Å². The Morgan fingerprint density at radius 2 is 2.00 bits per heavy atom. The molecule has 20 heavy (non-hydrogen) atoms. The Kier molecular flexibility index (Phi) is 3.77. The highest BCUT2D eigenvalue weighted by Gasteiger charge is 2.15. The van der Waals surface area contributed by atoms with Crippen molar-refractivity contribution in [3.63, 3.8) is 0 Å². The molecule has 1 heterocycles. The van der Waals surface area contributed by atoms with Gasteiger partial charge in [-0.15, -0.1) is 0 Å². The Balaban J connectivity index is 1.75. The highest BCUT2D eigenvalue weighted by molar-refractivity contribution is 5.95. The normalized spacial score (nSPS) is 16.0. The maximum Gasteiger partial charge on any atom is 0.244 e. The van der Waals surface area contributed by atoms with Gasteiger partial charge in [0.05, 0.1) is 5.52 Å². The molecule has 1 aromatic carbocycles. The van der Waals surface area contributed by atoms with E-state index in [-0.39, 0.29) is 5.91 Å². The molecule has 1 fully saturated rings. The van der Waals surface area contributed by atoms with Gasteiger partial charge >= 0.3 is 0 Å². The van der Waals surface area contributed by atoms with Crippen molar-refractivity contribution in [3.8, 4) is 0 Å². The van der Waals surface area contributed by atoms with Gasteiger partial charge in [0.15, 0.2) is 0 Å². The number of amides is 1. The fourth-order valence-electron chi connectivity index (χ4n) is 2.75. The predicted octanol–water partition coefficient (Wildman–Crippen LogP) is 3.31. The zero-order valence-corrected chi connectivity index (χ0v) is 11.4. The van der Waals surface area contributed by atoms with Gasteiger partial charge in [0.25, 0.3) is 0 Å². The molecule has 1 N–H and O–H groups in total. The number of carbonyl (C=O) groups is 1. The molecule has 0 aliphatic heterocycles. The van der Waals surface area contributed by atoms with E-state index in [1.165, 1.54) is 12.8 Å². The van der Waals surface area contributed by atoms with E-state index in [2.05, 4.69) is 10.3 Å². The number of carbonyl (C=O) groups excluding carboxylic acids is 1. The van der Waals surface area contributed by atoms with Gasteiger partial charge in [-0.1, -0.05) is 31.0 Å². The predicted molar refractivity (Wildman–Crippen MR) is 81.2 cm³/mol. The molecule has 2 aromatic rings. The van der Waals surface area contributed by atoms with Crippen LogP contribution in [0.5, 0.6) is 0 Å². The lowest BCUT2D eigenvalue weighted by Gasteiger charge is -2.09. The number of aromatic nitrogens is 1. The maximum absolute atomic E-state index is 11.9. The number of rotatable bonds is 3. The molecule has 0 radical (unpaired) electrons. The van der Waals surface area contributed by atoms with Gasteiger partial charge in [0.2, 0.25) is 5.91 Å². The van der Waals surface area contributed by atoms with Crippen molar-refractivity contribution in [1.82, 2.24) is 10.3 Å². The van der Waals surface area contributed by atoms with Gasteiger partial charge in [-0.25, -0.2) is 0 Å². The third kappa shape index (κ3) is 2.87. The summed E-state index contributed by atoms with van der Waals surface area (Å²) in [5, 5.41) is 4.13. The molecular weight excluding hydrogens is 248 g/mol. The lowest BCUT2D eigenvalue weighted by molar-refractivity contribution is -0.117. The Hall–Kier alpha value is -2.16. The molecule has 0 unspecified atom stereocenters. The van der Waals surface area contributed by atoms with Crippen molar-refractivity contribution in [3.05, 3.63) is 48.2 Å². The van der Waals surface area contributed by atoms with Crippen LogP contribution in [0.15, 0.2) is 42.6 Å². The molecule has 1 amide bonds. The quantitative estimate of drug-likeness (QED) is 0.866. The number of pyridine rings is 1. The van der Waals surface area contributed by atoms with E-state index >= 15 is 0 Å². The summed E-state index contributed by atoms with van der Waals surface area (Å²) in [6, 6.07) is 10.3. The van der Waals surface area contributed by atoms with Crippen LogP contribution >= 0.6 is 0 Å². The molecule has 1 saturated carbocycles. The van der Waals surface area contributed by atoms with Crippen LogP contribution in [0.4, 0.5) is 0 Å². The lowest BCUT2D eigenvalue weighted by atomic mass is 10.1. The first kappa shape index (κ1) is 12.9. The number of nitrogens with one attached hydrogen (secondary N) is 1. The standard InChI is InChI=1S/C17H18N2O/c20-17(19-14-5-1-2-6-14)10-9-13-11-12-18-16-8-4-3-7-15(13)16/h3-4,7-12,14H,1-2,5-6H2,(H,19,20). The van der Waals surface area contributed by atoms with Crippen molar-refractivity contribution in [2.24, 2.45) is 0 Å². The third-order valence-electron chi connectivity index (χ3n) is 3.80. The zero-order chi connectivity index (χ0) is 13.8. The van der Waals surface area contributed by atoms with Crippen molar-refractivity contribution >= 4 is 22.9 Å².